The van der Waals surface area contributed by atoms with Crippen molar-refractivity contribution in [3.63, 3.8) is 0 Å². The molecule has 2 N–H and O–H groups in total. The van der Waals surface area contributed by atoms with E-state index in [4.69, 9.17) is 12.2 Å². The van der Waals surface area contributed by atoms with E-state index < -0.39 is 23.5 Å². The Morgan fingerprint density at radius 2 is 1.58 bits per heavy atom. The summed E-state index contributed by atoms with van der Waals surface area (Å²) < 4.78 is 78.6. The average molecular weight is 461 g/mol. The number of halogens is 6. The topological polar surface area (TPSA) is 27.3 Å². The molecule has 0 unspecified atom stereocenters. The molecular weight excluding hydrogens is 440 g/mol. The highest BCUT2D eigenvalue weighted by molar-refractivity contribution is 7.80. The first-order valence-electron chi connectivity index (χ1n) is 9.57. The zero-order chi connectivity index (χ0) is 22.8. The van der Waals surface area contributed by atoms with Crippen molar-refractivity contribution in [1.82, 2.24) is 10.2 Å². The number of thiocarbonyl (C=S) groups is 1. The van der Waals surface area contributed by atoms with Crippen LogP contribution in [0.25, 0.3) is 0 Å². The second-order valence-electron chi connectivity index (χ2n) is 7.47. The molecule has 0 bridgehead atoms. The van der Waals surface area contributed by atoms with E-state index in [1.165, 1.54) is 0 Å². The Hall–Kier alpha value is -2.33. The molecular formula is C21H21F6N3S. The van der Waals surface area contributed by atoms with E-state index in [0.717, 1.165) is 24.9 Å². The molecule has 1 aliphatic rings. The van der Waals surface area contributed by atoms with Crippen molar-refractivity contribution in [2.24, 2.45) is 0 Å². The first-order valence-corrected chi connectivity index (χ1v) is 9.98. The first kappa shape index (κ1) is 23.3. The fraction of sp³-hybridized carbons (Fsp3) is 0.381. The molecule has 2 aromatic carbocycles. The highest BCUT2D eigenvalue weighted by Gasteiger charge is 2.37. The summed E-state index contributed by atoms with van der Waals surface area (Å²) in [6.07, 6.45) is -7.99. The third-order valence-electron chi connectivity index (χ3n) is 5.25. The fourth-order valence-corrected chi connectivity index (χ4v) is 4.00. The number of likely N-dealkylation sites (tertiary alicyclic amines) is 1. The van der Waals surface area contributed by atoms with Gasteiger partial charge in [0.15, 0.2) is 5.11 Å². The van der Waals surface area contributed by atoms with Gasteiger partial charge in [0.2, 0.25) is 0 Å². The number of likely N-dealkylation sites (N-methyl/N-ethyl adjacent to an activating group) is 1. The lowest BCUT2D eigenvalue weighted by Gasteiger charge is -2.31. The molecule has 0 saturated carbocycles. The smallest absolute Gasteiger partial charge is 0.354 e. The molecule has 0 aromatic heterocycles. The highest BCUT2D eigenvalue weighted by atomic mass is 32.1. The Bertz CT molecular complexity index is 881. The maximum absolute atomic E-state index is 13.1. The minimum Gasteiger partial charge on any atom is -0.354 e. The third kappa shape index (κ3) is 5.88. The number of rotatable bonds is 4. The summed E-state index contributed by atoms with van der Waals surface area (Å²) in [5.41, 5.74) is -2.26. The highest BCUT2D eigenvalue weighted by Crippen LogP contribution is 2.37. The maximum atomic E-state index is 13.1. The molecule has 10 heteroatoms. The lowest BCUT2D eigenvalue weighted by Crippen LogP contribution is -2.43. The van der Waals surface area contributed by atoms with Gasteiger partial charge in [0.25, 0.3) is 0 Å². The minimum absolute atomic E-state index is 0.0541. The van der Waals surface area contributed by atoms with Crippen molar-refractivity contribution in [3.8, 4) is 0 Å². The van der Waals surface area contributed by atoms with Crippen molar-refractivity contribution in [2.75, 3.05) is 18.9 Å². The van der Waals surface area contributed by atoms with Crippen molar-refractivity contribution in [3.05, 3.63) is 65.2 Å². The molecule has 0 spiro atoms. The van der Waals surface area contributed by atoms with Gasteiger partial charge in [-0.1, -0.05) is 30.3 Å². The first-order chi connectivity index (χ1) is 14.4. The molecule has 168 valence electrons. The Morgan fingerprint density at radius 3 is 2.06 bits per heavy atom. The molecule has 1 heterocycles. The van der Waals surface area contributed by atoms with Crippen LogP contribution in [0, 0.1) is 0 Å². The van der Waals surface area contributed by atoms with Crippen molar-refractivity contribution < 1.29 is 26.3 Å². The van der Waals surface area contributed by atoms with Crippen molar-refractivity contribution >= 4 is 23.0 Å². The van der Waals surface area contributed by atoms with Gasteiger partial charge >= 0.3 is 12.4 Å². The summed E-state index contributed by atoms with van der Waals surface area (Å²) in [6.45, 7) is 0.887. The van der Waals surface area contributed by atoms with E-state index >= 15 is 0 Å². The van der Waals surface area contributed by atoms with Crippen LogP contribution >= 0.6 is 12.2 Å². The maximum Gasteiger partial charge on any atom is 0.416 e. The number of nitrogens with one attached hydrogen (secondary N) is 2. The summed E-state index contributed by atoms with van der Waals surface area (Å²) in [4.78, 5) is 2.15. The second kappa shape index (κ2) is 9.04. The van der Waals surface area contributed by atoms with Crippen LogP contribution in [0.4, 0.5) is 32.0 Å². The number of anilines is 1. The zero-order valence-electron chi connectivity index (χ0n) is 16.5. The molecule has 1 saturated heterocycles. The monoisotopic (exact) mass is 461 g/mol. The quantitative estimate of drug-likeness (QED) is 0.442. The standard InChI is InChI=1S/C21H21F6N3S/c1-30-9-5-8-17(30)18(13-6-3-2-4-7-13)29-19(31)28-16-11-14(20(22,23)24)10-15(12-16)21(25,26)27/h2-4,6-7,10-12,17-18H,5,8-9H2,1H3,(H2,28,29,31)/t17-,18+/m0/s1. The van der Waals surface area contributed by atoms with Gasteiger partial charge < -0.3 is 15.5 Å². The molecule has 3 rings (SSSR count). The van der Waals surface area contributed by atoms with Gasteiger partial charge in [-0.25, -0.2) is 0 Å². The summed E-state index contributed by atoms with van der Waals surface area (Å²) in [7, 11) is 1.97. The Kier molecular flexibility index (Phi) is 6.80. The van der Waals surface area contributed by atoms with Crippen molar-refractivity contribution in [2.45, 2.75) is 37.3 Å². The fourth-order valence-electron chi connectivity index (χ4n) is 3.75. The molecule has 31 heavy (non-hydrogen) atoms. The number of hydrogen-bond acceptors (Lipinski definition) is 2. The summed E-state index contributed by atoms with van der Waals surface area (Å²) in [5, 5.41) is 5.54. The molecule has 0 radical (unpaired) electrons. The number of nitrogens with zero attached hydrogens (tertiary/aromatic N) is 1. The van der Waals surface area contributed by atoms with Crippen LogP contribution in [0.3, 0.4) is 0 Å². The van der Waals surface area contributed by atoms with Gasteiger partial charge in [0.05, 0.1) is 17.2 Å². The van der Waals surface area contributed by atoms with Gasteiger partial charge in [-0.15, -0.1) is 0 Å². The number of alkyl halides is 6. The summed E-state index contributed by atoms with van der Waals surface area (Å²) in [6, 6.07) is 10.5. The summed E-state index contributed by atoms with van der Waals surface area (Å²) in [5.74, 6) is 0. The van der Waals surface area contributed by atoms with Crippen LogP contribution in [-0.2, 0) is 12.4 Å². The SMILES string of the molecule is CN1CCC[C@H]1[C@H](NC(=S)Nc1cc(C(F)(F)F)cc(C(F)(F)F)c1)c1ccccc1. The van der Waals surface area contributed by atoms with Gasteiger partial charge in [-0.05, 0) is 62.4 Å². The number of benzene rings is 2. The van der Waals surface area contributed by atoms with Crippen LogP contribution in [0.2, 0.25) is 0 Å². The molecule has 2 aromatic rings. The Labute approximate surface area is 181 Å². The zero-order valence-corrected chi connectivity index (χ0v) is 17.3. The second-order valence-corrected chi connectivity index (χ2v) is 7.88. The van der Waals surface area contributed by atoms with Crippen LogP contribution < -0.4 is 10.6 Å². The lowest BCUT2D eigenvalue weighted by atomic mass is 9.97. The molecule has 0 aliphatic carbocycles. The van der Waals surface area contributed by atoms with Gasteiger partial charge in [0.1, 0.15) is 0 Å². The molecule has 1 fully saturated rings. The van der Waals surface area contributed by atoms with Gasteiger partial charge in [-0.3, -0.25) is 0 Å². The predicted molar refractivity (Wildman–Crippen MR) is 111 cm³/mol. The van der Waals surface area contributed by atoms with E-state index in [1.807, 2.05) is 37.4 Å². The van der Waals surface area contributed by atoms with E-state index in [-0.39, 0.29) is 28.9 Å². The Morgan fingerprint density at radius 1 is 1.00 bits per heavy atom. The average Bonchev–Trinajstić information content (AvgIpc) is 3.11. The van der Waals surface area contributed by atoms with Gasteiger partial charge in [-0.2, -0.15) is 26.3 Å². The van der Waals surface area contributed by atoms with Crippen LogP contribution in [0.15, 0.2) is 48.5 Å². The molecule has 0 amide bonds. The largest absolute Gasteiger partial charge is 0.416 e. The predicted octanol–water partition coefficient (Wildman–Crippen LogP) is 5.85. The third-order valence-corrected chi connectivity index (χ3v) is 5.47. The van der Waals surface area contributed by atoms with Crippen molar-refractivity contribution in [1.29, 1.82) is 0 Å². The van der Waals surface area contributed by atoms with Gasteiger partial charge in [0, 0.05) is 11.7 Å². The molecule has 2 atom stereocenters. The van der Waals surface area contributed by atoms with Crippen LogP contribution in [0.5, 0.6) is 0 Å². The van der Waals surface area contributed by atoms with E-state index in [1.54, 1.807) is 0 Å². The van der Waals surface area contributed by atoms with Crippen LogP contribution in [-0.4, -0.2) is 29.6 Å². The molecule has 3 nitrogen and oxygen atoms in total. The lowest BCUT2D eigenvalue weighted by molar-refractivity contribution is -0.143. The van der Waals surface area contributed by atoms with Crippen LogP contribution in [0.1, 0.15) is 35.6 Å². The van der Waals surface area contributed by atoms with E-state index in [2.05, 4.69) is 15.5 Å². The minimum atomic E-state index is -4.92. The Balaban J connectivity index is 1.85. The summed E-state index contributed by atoms with van der Waals surface area (Å²) >= 11 is 5.26. The normalized spacial score (nSPS) is 18.6. The van der Waals surface area contributed by atoms with E-state index in [9.17, 15) is 26.3 Å². The van der Waals surface area contributed by atoms with E-state index in [0.29, 0.717) is 12.1 Å². The molecule has 1 aliphatic heterocycles. The number of hydrogen-bond donors (Lipinski definition) is 2.